The van der Waals surface area contributed by atoms with Crippen LogP contribution in [0.3, 0.4) is 0 Å². The van der Waals surface area contributed by atoms with Gasteiger partial charge in [-0.1, -0.05) is 18.9 Å². The minimum absolute atomic E-state index is 0.458. The van der Waals surface area contributed by atoms with E-state index in [2.05, 4.69) is 22.0 Å². The monoisotopic (exact) mass is 229 g/mol. The zero-order chi connectivity index (χ0) is 11.9. The first-order valence-corrected chi connectivity index (χ1v) is 6.43. The lowest BCUT2D eigenvalue weighted by atomic mass is 10.0. The maximum atomic E-state index is 8.74. The van der Waals surface area contributed by atoms with E-state index in [1.54, 1.807) is 0 Å². The van der Waals surface area contributed by atoms with E-state index in [-0.39, 0.29) is 0 Å². The maximum Gasteiger partial charge on any atom is 0.0635 e. The van der Waals surface area contributed by atoms with Crippen molar-refractivity contribution < 1.29 is 0 Å². The van der Waals surface area contributed by atoms with Crippen molar-refractivity contribution in [3.63, 3.8) is 0 Å². The Morgan fingerprint density at radius 2 is 2.35 bits per heavy atom. The van der Waals surface area contributed by atoms with Crippen LogP contribution in [0.4, 0.5) is 0 Å². The van der Waals surface area contributed by atoms with Crippen LogP contribution in [-0.4, -0.2) is 23.0 Å². The smallest absolute Gasteiger partial charge is 0.0635 e. The van der Waals surface area contributed by atoms with Crippen molar-refractivity contribution in [2.75, 3.05) is 13.1 Å². The minimum atomic E-state index is 0.458. The van der Waals surface area contributed by atoms with Crippen molar-refractivity contribution in [2.24, 2.45) is 0 Å². The van der Waals surface area contributed by atoms with E-state index in [0.717, 1.165) is 13.1 Å². The number of hydrogen-bond acceptors (Lipinski definition) is 3. The highest BCUT2D eigenvalue weighted by Crippen LogP contribution is 2.29. The van der Waals surface area contributed by atoms with Crippen LogP contribution in [0.1, 0.15) is 43.7 Å². The maximum absolute atomic E-state index is 8.74. The Balaban J connectivity index is 2.12. The normalized spacial score (nSPS) is 21.7. The molecule has 90 valence electrons. The van der Waals surface area contributed by atoms with Crippen LogP contribution in [-0.2, 0) is 0 Å². The SMILES string of the molecule is N#CCCN1CCCCC[C@H]1c1cccnc1. The largest absolute Gasteiger partial charge is 0.295 e. The first-order chi connectivity index (χ1) is 8.42. The summed E-state index contributed by atoms with van der Waals surface area (Å²) in [5, 5.41) is 8.74. The van der Waals surface area contributed by atoms with Gasteiger partial charge < -0.3 is 0 Å². The quantitative estimate of drug-likeness (QED) is 0.800. The molecule has 2 heterocycles. The van der Waals surface area contributed by atoms with Crippen LogP contribution in [0.15, 0.2) is 24.5 Å². The van der Waals surface area contributed by atoms with Crippen molar-refractivity contribution in [3.8, 4) is 6.07 Å². The van der Waals surface area contributed by atoms with Gasteiger partial charge in [-0.3, -0.25) is 9.88 Å². The van der Waals surface area contributed by atoms with Crippen molar-refractivity contribution >= 4 is 0 Å². The molecule has 2 rings (SSSR count). The molecular formula is C14H19N3. The van der Waals surface area contributed by atoms with Crippen LogP contribution in [0.25, 0.3) is 0 Å². The van der Waals surface area contributed by atoms with E-state index in [1.165, 1.54) is 31.2 Å². The van der Waals surface area contributed by atoms with Gasteiger partial charge in [0.15, 0.2) is 0 Å². The van der Waals surface area contributed by atoms with Crippen LogP contribution in [0.2, 0.25) is 0 Å². The van der Waals surface area contributed by atoms with Crippen molar-refractivity contribution in [3.05, 3.63) is 30.1 Å². The molecule has 1 atom stereocenters. The van der Waals surface area contributed by atoms with Crippen LogP contribution < -0.4 is 0 Å². The molecule has 0 aromatic carbocycles. The number of nitrogens with zero attached hydrogens (tertiary/aromatic N) is 3. The van der Waals surface area contributed by atoms with Gasteiger partial charge in [-0.25, -0.2) is 0 Å². The summed E-state index contributed by atoms with van der Waals surface area (Å²) in [7, 11) is 0. The lowest BCUT2D eigenvalue weighted by Gasteiger charge is -2.29. The van der Waals surface area contributed by atoms with Crippen LogP contribution in [0.5, 0.6) is 0 Å². The lowest BCUT2D eigenvalue weighted by Crippen LogP contribution is -2.29. The Hall–Kier alpha value is -1.40. The zero-order valence-electron chi connectivity index (χ0n) is 10.2. The van der Waals surface area contributed by atoms with Crippen LogP contribution in [0, 0.1) is 11.3 Å². The Morgan fingerprint density at radius 1 is 1.41 bits per heavy atom. The average molecular weight is 229 g/mol. The average Bonchev–Trinajstić information content (AvgIpc) is 2.62. The highest BCUT2D eigenvalue weighted by atomic mass is 15.2. The number of rotatable bonds is 3. The molecule has 1 saturated heterocycles. The summed E-state index contributed by atoms with van der Waals surface area (Å²) < 4.78 is 0. The fourth-order valence-corrected chi connectivity index (χ4v) is 2.58. The Bertz CT molecular complexity index is 369. The van der Waals surface area contributed by atoms with E-state index in [1.807, 2.05) is 18.5 Å². The first kappa shape index (κ1) is 12.1. The van der Waals surface area contributed by atoms with E-state index < -0.39 is 0 Å². The van der Waals surface area contributed by atoms with E-state index in [4.69, 9.17) is 5.26 Å². The second-order valence-corrected chi connectivity index (χ2v) is 4.60. The van der Waals surface area contributed by atoms with Crippen molar-refractivity contribution in [1.82, 2.24) is 9.88 Å². The summed E-state index contributed by atoms with van der Waals surface area (Å²) in [6.45, 7) is 2.00. The van der Waals surface area contributed by atoms with Gasteiger partial charge >= 0.3 is 0 Å². The highest BCUT2D eigenvalue weighted by Gasteiger charge is 2.21. The molecule has 0 aliphatic carbocycles. The molecule has 3 nitrogen and oxygen atoms in total. The molecule has 1 aromatic rings. The second-order valence-electron chi connectivity index (χ2n) is 4.60. The van der Waals surface area contributed by atoms with Gasteiger partial charge in [0.1, 0.15) is 0 Å². The molecule has 0 saturated carbocycles. The molecule has 0 unspecified atom stereocenters. The van der Waals surface area contributed by atoms with Gasteiger partial charge in [0, 0.05) is 31.4 Å². The summed E-state index contributed by atoms with van der Waals surface area (Å²) in [6.07, 6.45) is 9.44. The summed E-state index contributed by atoms with van der Waals surface area (Å²) in [5.41, 5.74) is 1.30. The number of likely N-dealkylation sites (tertiary alicyclic amines) is 1. The molecule has 1 aromatic heterocycles. The zero-order valence-corrected chi connectivity index (χ0v) is 10.2. The molecule has 1 fully saturated rings. The molecule has 0 bridgehead atoms. The fraction of sp³-hybridized carbons (Fsp3) is 0.571. The lowest BCUT2D eigenvalue weighted by molar-refractivity contribution is 0.205. The molecule has 0 radical (unpaired) electrons. The summed E-state index contributed by atoms with van der Waals surface area (Å²) in [4.78, 5) is 6.67. The van der Waals surface area contributed by atoms with Crippen molar-refractivity contribution in [1.29, 1.82) is 5.26 Å². The summed E-state index contributed by atoms with van der Waals surface area (Å²) >= 11 is 0. The molecule has 0 N–H and O–H groups in total. The molecule has 1 aliphatic rings. The minimum Gasteiger partial charge on any atom is -0.295 e. The fourth-order valence-electron chi connectivity index (χ4n) is 2.58. The number of aromatic nitrogens is 1. The summed E-state index contributed by atoms with van der Waals surface area (Å²) in [5.74, 6) is 0. The van der Waals surface area contributed by atoms with Gasteiger partial charge in [-0.05, 0) is 31.0 Å². The Morgan fingerprint density at radius 3 is 3.12 bits per heavy atom. The van der Waals surface area contributed by atoms with Gasteiger partial charge in [0.25, 0.3) is 0 Å². The third-order valence-corrected chi connectivity index (χ3v) is 3.44. The van der Waals surface area contributed by atoms with Gasteiger partial charge in [0.05, 0.1) is 6.07 Å². The molecule has 1 aliphatic heterocycles. The molecule has 17 heavy (non-hydrogen) atoms. The third kappa shape index (κ3) is 3.28. The van der Waals surface area contributed by atoms with Gasteiger partial charge in [-0.2, -0.15) is 5.26 Å². The number of pyridine rings is 1. The molecule has 0 amide bonds. The molecule has 3 heteroatoms. The second kappa shape index (κ2) is 6.36. The molecule has 0 spiro atoms. The van der Waals surface area contributed by atoms with Crippen molar-refractivity contribution in [2.45, 2.75) is 38.1 Å². The van der Waals surface area contributed by atoms with Crippen LogP contribution >= 0.6 is 0 Å². The van der Waals surface area contributed by atoms with Gasteiger partial charge in [0.2, 0.25) is 0 Å². The summed E-state index contributed by atoms with van der Waals surface area (Å²) in [6, 6.07) is 6.87. The predicted octanol–water partition coefficient (Wildman–Crippen LogP) is 2.91. The van der Waals surface area contributed by atoms with E-state index in [9.17, 15) is 0 Å². The standard InChI is InChI=1S/C14H19N3/c15-8-5-11-17-10-3-1-2-7-14(17)13-6-4-9-16-12-13/h4,6,9,12,14H,1-3,5,7,10-11H2/t14-/m0/s1. The Kier molecular flexibility index (Phi) is 4.52. The topological polar surface area (TPSA) is 39.9 Å². The number of nitriles is 1. The predicted molar refractivity (Wildman–Crippen MR) is 67.2 cm³/mol. The van der Waals surface area contributed by atoms with E-state index in [0.29, 0.717) is 12.5 Å². The third-order valence-electron chi connectivity index (χ3n) is 3.44. The van der Waals surface area contributed by atoms with Gasteiger partial charge in [-0.15, -0.1) is 0 Å². The Labute approximate surface area is 103 Å². The molecular weight excluding hydrogens is 210 g/mol. The number of hydrogen-bond donors (Lipinski definition) is 0. The highest BCUT2D eigenvalue weighted by molar-refractivity contribution is 5.14. The van der Waals surface area contributed by atoms with E-state index >= 15 is 0 Å². The first-order valence-electron chi connectivity index (χ1n) is 6.43.